The fraction of sp³-hybridized carbons (Fsp3) is 0.440. The number of thioether (sulfide) groups is 1. The van der Waals surface area contributed by atoms with Crippen LogP contribution in [-0.4, -0.2) is 41.0 Å². The SMILES string of the molecule is CC(=O)N(c1ccc(Oc2ccccc2)cc1)C1CSC(=NC2CCCCCC2)N1C. The molecule has 0 radical (unpaired) electrons. The summed E-state index contributed by atoms with van der Waals surface area (Å²) in [5, 5.41) is 1.06. The number of amidine groups is 1. The molecule has 6 heteroatoms. The maximum atomic E-state index is 12.6. The van der Waals surface area contributed by atoms with Gasteiger partial charge in [0.2, 0.25) is 5.91 Å². The number of nitrogens with zero attached hydrogens (tertiary/aromatic N) is 3. The van der Waals surface area contributed by atoms with Crippen molar-refractivity contribution in [2.24, 2.45) is 4.99 Å². The second-order valence-electron chi connectivity index (χ2n) is 8.26. The summed E-state index contributed by atoms with van der Waals surface area (Å²) in [7, 11) is 2.06. The number of anilines is 1. The molecule has 1 aliphatic carbocycles. The maximum absolute atomic E-state index is 12.6. The molecule has 0 bridgehead atoms. The average molecular weight is 438 g/mol. The average Bonchev–Trinajstić information content (AvgIpc) is 2.96. The molecule has 2 aromatic rings. The van der Waals surface area contributed by atoms with Crippen molar-refractivity contribution >= 4 is 28.5 Å². The van der Waals surface area contributed by atoms with E-state index in [0.29, 0.717) is 6.04 Å². The minimum Gasteiger partial charge on any atom is -0.457 e. The Morgan fingerprint density at radius 2 is 1.65 bits per heavy atom. The highest BCUT2D eigenvalue weighted by Gasteiger charge is 2.34. The van der Waals surface area contributed by atoms with E-state index in [0.717, 1.165) is 28.1 Å². The van der Waals surface area contributed by atoms with Crippen LogP contribution in [0.25, 0.3) is 0 Å². The van der Waals surface area contributed by atoms with Crippen LogP contribution in [0.1, 0.15) is 45.4 Å². The quantitative estimate of drug-likeness (QED) is 0.545. The topological polar surface area (TPSA) is 45.1 Å². The molecule has 1 heterocycles. The second-order valence-corrected chi connectivity index (χ2v) is 9.24. The van der Waals surface area contributed by atoms with Gasteiger partial charge in [-0.15, -0.1) is 0 Å². The molecule has 2 aliphatic rings. The van der Waals surface area contributed by atoms with E-state index in [1.165, 1.54) is 38.5 Å². The van der Waals surface area contributed by atoms with Gasteiger partial charge in [0.1, 0.15) is 17.7 Å². The number of rotatable bonds is 5. The Morgan fingerprint density at radius 1 is 1.00 bits per heavy atom. The predicted molar refractivity (Wildman–Crippen MR) is 129 cm³/mol. The molecule has 4 rings (SSSR count). The van der Waals surface area contributed by atoms with Crippen LogP contribution >= 0.6 is 11.8 Å². The van der Waals surface area contributed by atoms with Crippen molar-refractivity contribution < 1.29 is 9.53 Å². The zero-order valence-electron chi connectivity index (χ0n) is 18.4. The van der Waals surface area contributed by atoms with E-state index in [9.17, 15) is 4.79 Å². The van der Waals surface area contributed by atoms with Crippen molar-refractivity contribution in [3.05, 3.63) is 54.6 Å². The maximum Gasteiger partial charge on any atom is 0.225 e. The van der Waals surface area contributed by atoms with Crippen LogP contribution < -0.4 is 9.64 Å². The fourth-order valence-corrected chi connectivity index (χ4v) is 5.49. The molecule has 1 saturated carbocycles. The zero-order chi connectivity index (χ0) is 21.6. The van der Waals surface area contributed by atoms with Gasteiger partial charge in [-0.05, 0) is 49.2 Å². The van der Waals surface area contributed by atoms with E-state index in [4.69, 9.17) is 9.73 Å². The molecule has 0 N–H and O–H groups in total. The van der Waals surface area contributed by atoms with Crippen molar-refractivity contribution in [1.29, 1.82) is 0 Å². The Kier molecular flexibility index (Phi) is 7.17. The third-order valence-corrected chi connectivity index (χ3v) is 7.08. The molecule has 1 unspecified atom stereocenters. The van der Waals surface area contributed by atoms with E-state index < -0.39 is 0 Å². The van der Waals surface area contributed by atoms with Gasteiger partial charge in [0.25, 0.3) is 0 Å². The van der Waals surface area contributed by atoms with Gasteiger partial charge in [0, 0.05) is 25.4 Å². The van der Waals surface area contributed by atoms with Gasteiger partial charge < -0.3 is 9.64 Å². The summed E-state index contributed by atoms with van der Waals surface area (Å²) < 4.78 is 5.89. The first-order valence-corrected chi connectivity index (χ1v) is 12.2. The number of amides is 1. The highest BCUT2D eigenvalue weighted by molar-refractivity contribution is 8.14. The van der Waals surface area contributed by atoms with Gasteiger partial charge >= 0.3 is 0 Å². The summed E-state index contributed by atoms with van der Waals surface area (Å²) in [4.78, 5) is 21.7. The molecular weight excluding hydrogens is 406 g/mol. The molecule has 31 heavy (non-hydrogen) atoms. The van der Waals surface area contributed by atoms with Gasteiger partial charge in [-0.1, -0.05) is 55.6 Å². The number of carbonyl (C=O) groups excluding carboxylic acids is 1. The van der Waals surface area contributed by atoms with Gasteiger partial charge in [-0.3, -0.25) is 14.7 Å². The summed E-state index contributed by atoms with van der Waals surface area (Å²) in [6.07, 6.45) is 7.54. The first-order valence-electron chi connectivity index (χ1n) is 11.2. The van der Waals surface area contributed by atoms with Gasteiger partial charge in [0.15, 0.2) is 5.17 Å². The molecule has 2 aromatic carbocycles. The summed E-state index contributed by atoms with van der Waals surface area (Å²) in [5.74, 6) is 2.40. The normalized spacial score (nSPS) is 21.2. The first kappa shape index (κ1) is 21.8. The van der Waals surface area contributed by atoms with Gasteiger partial charge in [-0.25, -0.2) is 0 Å². The lowest BCUT2D eigenvalue weighted by Gasteiger charge is -2.33. The van der Waals surface area contributed by atoms with E-state index in [1.807, 2.05) is 59.5 Å². The Bertz CT molecular complexity index is 893. The Labute approximate surface area is 189 Å². The van der Waals surface area contributed by atoms with Crippen molar-refractivity contribution in [2.75, 3.05) is 17.7 Å². The zero-order valence-corrected chi connectivity index (χ0v) is 19.2. The molecule has 164 valence electrons. The first-order chi connectivity index (χ1) is 15.1. The smallest absolute Gasteiger partial charge is 0.225 e. The number of para-hydroxylation sites is 1. The summed E-state index contributed by atoms with van der Waals surface area (Å²) in [5.41, 5.74) is 0.876. The van der Waals surface area contributed by atoms with Crippen LogP contribution in [0.4, 0.5) is 5.69 Å². The summed E-state index contributed by atoms with van der Waals surface area (Å²) in [6, 6.07) is 17.9. The number of ether oxygens (including phenoxy) is 1. The molecule has 1 aliphatic heterocycles. The van der Waals surface area contributed by atoms with Gasteiger partial charge in [-0.2, -0.15) is 0 Å². The molecule has 2 fully saturated rings. The highest BCUT2D eigenvalue weighted by atomic mass is 32.2. The Balaban J connectivity index is 1.48. The van der Waals surface area contributed by atoms with Crippen LogP contribution in [-0.2, 0) is 4.79 Å². The van der Waals surface area contributed by atoms with Crippen molar-refractivity contribution in [3.63, 3.8) is 0 Å². The molecular formula is C25H31N3O2S. The largest absolute Gasteiger partial charge is 0.457 e. The van der Waals surface area contributed by atoms with Crippen LogP contribution in [0.15, 0.2) is 59.6 Å². The molecule has 5 nitrogen and oxygen atoms in total. The van der Waals surface area contributed by atoms with Crippen LogP contribution in [0.3, 0.4) is 0 Å². The lowest BCUT2D eigenvalue weighted by molar-refractivity contribution is -0.117. The van der Waals surface area contributed by atoms with Gasteiger partial charge in [0.05, 0.1) is 6.04 Å². The van der Waals surface area contributed by atoms with Crippen LogP contribution in [0, 0.1) is 0 Å². The van der Waals surface area contributed by atoms with E-state index in [2.05, 4.69) is 11.9 Å². The molecule has 0 spiro atoms. The fourth-order valence-electron chi connectivity index (χ4n) is 4.27. The van der Waals surface area contributed by atoms with Crippen molar-refractivity contribution in [1.82, 2.24) is 4.90 Å². The number of hydrogen-bond acceptors (Lipinski definition) is 4. The minimum absolute atomic E-state index is 0.0323. The van der Waals surface area contributed by atoms with E-state index in [1.54, 1.807) is 18.7 Å². The standard InChI is InChI=1S/C25H31N3O2S/c1-19(29)28(21-14-16-23(17-15-21)30-22-12-8-5-9-13-22)24-18-31-25(27(24)2)26-20-10-6-3-4-7-11-20/h5,8-9,12-17,20,24H,3-4,6-7,10-11,18H2,1-2H3. The number of carbonyl (C=O) groups is 1. The van der Waals surface area contributed by atoms with Crippen LogP contribution in [0.5, 0.6) is 11.5 Å². The second kappa shape index (κ2) is 10.2. The minimum atomic E-state index is -0.0343. The molecule has 1 amide bonds. The molecule has 1 atom stereocenters. The van der Waals surface area contributed by atoms with Crippen molar-refractivity contribution in [3.8, 4) is 11.5 Å². The third-order valence-electron chi connectivity index (χ3n) is 5.96. The molecule has 1 saturated heterocycles. The lowest BCUT2D eigenvalue weighted by atomic mass is 10.1. The predicted octanol–water partition coefficient (Wildman–Crippen LogP) is 5.92. The number of benzene rings is 2. The lowest BCUT2D eigenvalue weighted by Crippen LogP contribution is -2.48. The Hall–Kier alpha value is -2.47. The monoisotopic (exact) mass is 437 g/mol. The Morgan fingerprint density at radius 3 is 2.29 bits per heavy atom. The van der Waals surface area contributed by atoms with E-state index >= 15 is 0 Å². The number of hydrogen-bond donors (Lipinski definition) is 0. The van der Waals surface area contributed by atoms with E-state index in [-0.39, 0.29) is 12.1 Å². The molecule has 0 aromatic heterocycles. The summed E-state index contributed by atoms with van der Waals surface area (Å²) in [6.45, 7) is 1.63. The highest BCUT2D eigenvalue weighted by Crippen LogP contribution is 2.32. The number of aliphatic imine (C=N–C) groups is 1. The van der Waals surface area contributed by atoms with Crippen molar-refractivity contribution in [2.45, 2.75) is 57.7 Å². The van der Waals surface area contributed by atoms with Crippen LogP contribution in [0.2, 0.25) is 0 Å². The third kappa shape index (κ3) is 5.42. The summed E-state index contributed by atoms with van der Waals surface area (Å²) >= 11 is 1.76.